The summed E-state index contributed by atoms with van der Waals surface area (Å²) < 4.78 is 0. The number of amides is 4. The van der Waals surface area contributed by atoms with Crippen molar-refractivity contribution in [3.8, 4) is 0 Å². The van der Waals surface area contributed by atoms with Crippen LogP contribution in [0.5, 0.6) is 0 Å². The van der Waals surface area contributed by atoms with Gasteiger partial charge in [-0.05, 0) is 42.8 Å². The maximum atomic E-state index is 12.9. The van der Waals surface area contributed by atoms with E-state index in [0.717, 1.165) is 21.7 Å². The van der Waals surface area contributed by atoms with Crippen molar-refractivity contribution in [3.05, 3.63) is 64.7 Å². The molecule has 1 unspecified atom stereocenters. The summed E-state index contributed by atoms with van der Waals surface area (Å²) in [6.07, 6.45) is 0.243. The molecule has 0 bridgehead atoms. The average Bonchev–Trinajstić information content (AvgIpc) is 2.94. The SMILES string of the molecule is CN(Cc1ccc2c(c1)C(=O)N(C1CCC(=O)NC1=O)C2=O)Cc1ccccc1N. The lowest BCUT2D eigenvalue weighted by atomic mass is 10.0. The van der Waals surface area contributed by atoms with Gasteiger partial charge in [-0.15, -0.1) is 0 Å². The summed E-state index contributed by atoms with van der Waals surface area (Å²) in [6, 6.07) is 11.8. The average molecular weight is 406 g/mol. The van der Waals surface area contributed by atoms with Gasteiger partial charge in [0.1, 0.15) is 6.04 Å². The Morgan fingerprint density at radius 3 is 2.50 bits per heavy atom. The number of carbonyl (C=O) groups excluding carboxylic acids is 4. The molecular formula is C22H22N4O4. The van der Waals surface area contributed by atoms with Crippen molar-refractivity contribution < 1.29 is 19.2 Å². The van der Waals surface area contributed by atoms with Crippen LogP contribution in [0.3, 0.4) is 0 Å². The van der Waals surface area contributed by atoms with Gasteiger partial charge in [-0.1, -0.05) is 24.3 Å². The molecule has 0 aliphatic carbocycles. The van der Waals surface area contributed by atoms with Crippen LogP contribution in [0.2, 0.25) is 0 Å². The lowest BCUT2D eigenvalue weighted by molar-refractivity contribution is -0.136. The molecule has 2 aromatic carbocycles. The summed E-state index contributed by atoms with van der Waals surface area (Å²) in [5.74, 6) is -2.00. The molecule has 0 spiro atoms. The highest BCUT2D eigenvalue weighted by Crippen LogP contribution is 2.28. The zero-order valence-electron chi connectivity index (χ0n) is 16.6. The fourth-order valence-electron chi connectivity index (χ4n) is 3.95. The number of para-hydroxylation sites is 1. The summed E-state index contributed by atoms with van der Waals surface area (Å²) in [5, 5.41) is 2.20. The number of anilines is 1. The minimum Gasteiger partial charge on any atom is -0.398 e. The highest BCUT2D eigenvalue weighted by atomic mass is 16.2. The Kier molecular flexibility index (Phi) is 5.09. The maximum absolute atomic E-state index is 12.9. The minimum absolute atomic E-state index is 0.0997. The van der Waals surface area contributed by atoms with E-state index < -0.39 is 29.7 Å². The molecule has 0 aromatic heterocycles. The van der Waals surface area contributed by atoms with Gasteiger partial charge in [-0.25, -0.2) is 0 Å². The number of nitrogens with one attached hydrogen (secondary N) is 1. The monoisotopic (exact) mass is 406 g/mol. The first-order valence-corrected chi connectivity index (χ1v) is 9.71. The van der Waals surface area contributed by atoms with Gasteiger partial charge in [0.25, 0.3) is 11.8 Å². The number of nitrogens with zero attached hydrogens (tertiary/aromatic N) is 2. The van der Waals surface area contributed by atoms with Crippen molar-refractivity contribution in [1.82, 2.24) is 15.1 Å². The first kappa shape index (κ1) is 19.8. The van der Waals surface area contributed by atoms with E-state index in [-0.39, 0.29) is 24.0 Å². The van der Waals surface area contributed by atoms with Crippen LogP contribution >= 0.6 is 0 Å². The maximum Gasteiger partial charge on any atom is 0.262 e. The van der Waals surface area contributed by atoms with Crippen molar-refractivity contribution in [2.24, 2.45) is 0 Å². The number of carbonyl (C=O) groups is 4. The fourth-order valence-corrected chi connectivity index (χ4v) is 3.95. The molecule has 1 saturated heterocycles. The molecular weight excluding hydrogens is 384 g/mol. The van der Waals surface area contributed by atoms with Crippen LogP contribution < -0.4 is 11.1 Å². The lowest BCUT2D eigenvalue weighted by Crippen LogP contribution is -2.54. The third-order valence-corrected chi connectivity index (χ3v) is 5.45. The highest BCUT2D eigenvalue weighted by Gasteiger charge is 2.44. The molecule has 8 heteroatoms. The molecule has 0 saturated carbocycles. The Bertz CT molecular complexity index is 1060. The van der Waals surface area contributed by atoms with Gasteiger partial charge in [0.05, 0.1) is 11.1 Å². The Labute approximate surface area is 173 Å². The summed E-state index contributed by atoms with van der Waals surface area (Å²) in [6.45, 7) is 1.19. The van der Waals surface area contributed by atoms with Crippen LogP contribution in [0, 0.1) is 0 Å². The van der Waals surface area contributed by atoms with E-state index in [0.29, 0.717) is 13.1 Å². The molecule has 2 aromatic rings. The van der Waals surface area contributed by atoms with E-state index in [2.05, 4.69) is 10.2 Å². The molecule has 154 valence electrons. The number of piperidine rings is 1. The summed E-state index contributed by atoms with van der Waals surface area (Å²) in [5.41, 5.74) is 9.18. The van der Waals surface area contributed by atoms with Gasteiger partial charge >= 0.3 is 0 Å². The predicted octanol–water partition coefficient (Wildman–Crippen LogP) is 1.30. The summed E-state index contributed by atoms with van der Waals surface area (Å²) >= 11 is 0. The Hall–Kier alpha value is -3.52. The fraction of sp³-hybridized carbons (Fsp3) is 0.273. The lowest BCUT2D eigenvalue weighted by Gasteiger charge is -2.27. The molecule has 2 aliphatic heterocycles. The molecule has 3 N–H and O–H groups in total. The third-order valence-electron chi connectivity index (χ3n) is 5.45. The van der Waals surface area contributed by atoms with E-state index in [1.807, 2.05) is 37.4 Å². The van der Waals surface area contributed by atoms with Crippen molar-refractivity contribution in [2.75, 3.05) is 12.8 Å². The topological polar surface area (TPSA) is 113 Å². The second-order valence-corrected chi connectivity index (χ2v) is 7.70. The largest absolute Gasteiger partial charge is 0.398 e. The molecule has 4 amide bonds. The Morgan fingerprint density at radius 2 is 1.77 bits per heavy atom. The van der Waals surface area contributed by atoms with Crippen LogP contribution in [-0.2, 0) is 22.7 Å². The molecule has 0 radical (unpaired) electrons. The van der Waals surface area contributed by atoms with E-state index in [4.69, 9.17) is 5.73 Å². The Balaban J connectivity index is 1.51. The number of fused-ring (bicyclic) bond motifs is 1. The molecule has 2 aliphatic rings. The summed E-state index contributed by atoms with van der Waals surface area (Å²) in [7, 11) is 1.95. The zero-order chi connectivity index (χ0) is 21.4. The molecule has 1 fully saturated rings. The van der Waals surface area contributed by atoms with E-state index in [1.165, 1.54) is 0 Å². The highest BCUT2D eigenvalue weighted by molar-refractivity contribution is 6.23. The van der Waals surface area contributed by atoms with E-state index >= 15 is 0 Å². The predicted molar refractivity (Wildman–Crippen MR) is 109 cm³/mol. The molecule has 8 nitrogen and oxygen atoms in total. The van der Waals surface area contributed by atoms with E-state index in [9.17, 15) is 19.2 Å². The van der Waals surface area contributed by atoms with Crippen LogP contribution in [0.1, 0.15) is 44.7 Å². The smallest absolute Gasteiger partial charge is 0.262 e. The van der Waals surface area contributed by atoms with Crippen molar-refractivity contribution in [1.29, 1.82) is 0 Å². The normalized spacial score (nSPS) is 18.7. The first-order valence-electron chi connectivity index (χ1n) is 9.71. The molecule has 1 atom stereocenters. The number of hydrogen-bond acceptors (Lipinski definition) is 6. The van der Waals surface area contributed by atoms with Crippen LogP contribution in [-0.4, -0.2) is 46.5 Å². The van der Waals surface area contributed by atoms with Crippen LogP contribution in [0.4, 0.5) is 5.69 Å². The van der Waals surface area contributed by atoms with Crippen molar-refractivity contribution >= 4 is 29.3 Å². The van der Waals surface area contributed by atoms with Gasteiger partial charge in [-0.3, -0.25) is 34.3 Å². The van der Waals surface area contributed by atoms with Gasteiger partial charge in [-0.2, -0.15) is 0 Å². The van der Waals surface area contributed by atoms with Crippen LogP contribution in [0.15, 0.2) is 42.5 Å². The number of benzene rings is 2. The zero-order valence-corrected chi connectivity index (χ0v) is 16.6. The van der Waals surface area contributed by atoms with Gasteiger partial charge in [0.15, 0.2) is 0 Å². The van der Waals surface area contributed by atoms with Crippen molar-refractivity contribution in [3.63, 3.8) is 0 Å². The number of imide groups is 2. The molecule has 2 heterocycles. The van der Waals surface area contributed by atoms with Gasteiger partial charge in [0.2, 0.25) is 11.8 Å². The number of rotatable bonds is 5. The minimum atomic E-state index is -0.956. The second-order valence-electron chi connectivity index (χ2n) is 7.70. The standard InChI is InChI=1S/C22H22N4O4/c1-25(12-14-4-2-3-5-17(14)23)11-13-6-7-15-16(10-13)22(30)26(21(15)29)18-8-9-19(27)24-20(18)28/h2-7,10,18H,8-9,11-12,23H2,1H3,(H,24,27,28). The van der Waals surface area contributed by atoms with Gasteiger partial charge in [0, 0.05) is 25.2 Å². The summed E-state index contributed by atoms with van der Waals surface area (Å²) in [4.78, 5) is 52.3. The molecule has 30 heavy (non-hydrogen) atoms. The van der Waals surface area contributed by atoms with Gasteiger partial charge < -0.3 is 5.73 Å². The number of hydrogen-bond donors (Lipinski definition) is 2. The quantitative estimate of drug-likeness (QED) is 0.572. The first-order chi connectivity index (χ1) is 14.3. The number of nitrogen functional groups attached to an aromatic ring is 1. The third kappa shape index (κ3) is 3.57. The molecule has 4 rings (SSSR count). The second kappa shape index (κ2) is 7.72. The van der Waals surface area contributed by atoms with Crippen molar-refractivity contribution in [2.45, 2.75) is 32.0 Å². The number of nitrogens with two attached hydrogens (primary N) is 1. The van der Waals surface area contributed by atoms with E-state index in [1.54, 1.807) is 12.1 Å². The Morgan fingerprint density at radius 1 is 1.03 bits per heavy atom. The van der Waals surface area contributed by atoms with Crippen LogP contribution in [0.25, 0.3) is 0 Å².